The van der Waals surface area contributed by atoms with Gasteiger partial charge in [0.15, 0.2) is 0 Å². The molecule has 164 valence electrons. The van der Waals surface area contributed by atoms with E-state index in [0.717, 1.165) is 38.8 Å². The maximum atomic E-state index is 12.7. The molecule has 2 atom stereocenters. The molecule has 3 N–H and O–H groups in total. The van der Waals surface area contributed by atoms with E-state index in [2.05, 4.69) is 15.6 Å². The van der Waals surface area contributed by atoms with Gasteiger partial charge in [0.25, 0.3) is 0 Å². The second-order valence-corrected chi connectivity index (χ2v) is 8.33. The number of amides is 2. The van der Waals surface area contributed by atoms with Gasteiger partial charge in [-0.25, -0.2) is 0 Å². The molecule has 0 saturated carbocycles. The Morgan fingerprint density at radius 1 is 1.27 bits per heavy atom. The van der Waals surface area contributed by atoms with Crippen molar-refractivity contribution < 1.29 is 19.5 Å². The third-order valence-corrected chi connectivity index (χ3v) is 6.24. The molecule has 0 bridgehead atoms. The number of aliphatic carboxylic acids is 1. The van der Waals surface area contributed by atoms with Gasteiger partial charge in [0.2, 0.25) is 11.8 Å². The van der Waals surface area contributed by atoms with Crippen LogP contribution in [0.1, 0.15) is 50.0 Å². The maximum absolute atomic E-state index is 12.7. The molecule has 0 unspecified atom stereocenters. The minimum absolute atomic E-state index is 0.0139. The molecule has 0 aliphatic carbocycles. The molecule has 0 radical (unpaired) electrons. The highest BCUT2D eigenvalue weighted by atomic mass is 16.4. The number of carboxylic acid groups (broad SMARTS) is 1. The van der Waals surface area contributed by atoms with E-state index in [-0.39, 0.29) is 24.3 Å². The van der Waals surface area contributed by atoms with Crippen LogP contribution in [0.3, 0.4) is 0 Å². The number of carboxylic acids is 1. The summed E-state index contributed by atoms with van der Waals surface area (Å²) in [6, 6.07) is 3.38. The number of likely N-dealkylation sites (tertiary alicyclic amines) is 1. The molecule has 0 aromatic carbocycles. The van der Waals surface area contributed by atoms with Gasteiger partial charge in [-0.15, -0.1) is 0 Å². The van der Waals surface area contributed by atoms with Crippen molar-refractivity contribution in [3.63, 3.8) is 0 Å². The quantitative estimate of drug-likeness (QED) is 0.590. The molecule has 30 heavy (non-hydrogen) atoms. The Hall–Kier alpha value is -2.48. The summed E-state index contributed by atoms with van der Waals surface area (Å²) in [5, 5.41) is 15.6. The molecule has 2 aliphatic rings. The van der Waals surface area contributed by atoms with E-state index >= 15 is 0 Å². The highest BCUT2D eigenvalue weighted by molar-refractivity contribution is 5.82. The van der Waals surface area contributed by atoms with Gasteiger partial charge in [0.05, 0.1) is 5.92 Å². The molecule has 1 aromatic heterocycles. The fourth-order valence-corrected chi connectivity index (χ4v) is 4.35. The van der Waals surface area contributed by atoms with Gasteiger partial charge in [-0.05, 0) is 62.7 Å². The summed E-state index contributed by atoms with van der Waals surface area (Å²) in [6.45, 7) is 3.19. The first kappa shape index (κ1) is 22.2. The second-order valence-electron chi connectivity index (χ2n) is 8.33. The number of hydrogen-bond donors (Lipinski definition) is 3. The molecule has 8 heteroatoms. The molecule has 2 fully saturated rings. The Morgan fingerprint density at radius 2 is 2.07 bits per heavy atom. The Labute approximate surface area is 177 Å². The maximum Gasteiger partial charge on any atom is 0.312 e. The number of hydrogen-bond acceptors (Lipinski definition) is 5. The number of carbonyl (C=O) groups excluding carboxylic acids is 2. The van der Waals surface area contributed by atoms with Crippen LogP contribution in [0.25, 0.3) is 0 Å². The molecule has 2 amide bonds. The van der Waals surface area contributed by atoms with Gasteiger partial charge in [0.1, 0.15) is 5.92 Å². The van der Waals surface area contributed by atoms with E-state index in [1.165, 1.54) is 6.20 Å². The van der Waals surface area contributed by atoms with Crippen LogP contribution >= 0.6 is 0 Å². The van der Waals surface area contributed by atoms with Crippen molar-refractivity contribution in [3.05, 3.63) is 30.1 Å². The van der Waals surface area contributed by atoms with Crippen molar-refractivity contribution in [1.29, 1.82) is 0 Å². The lowest BCUT2D eigenvalue weighted by molar-refractivity contribution is -0.138. The average molecular weight is 417 g/mol. The second kappa shape index (κ2) is 11.1. The van der Waals surface area contributed by atoms with E-state index in [4.69, 9.17) is 0 Å². The lowest BCUT2D eigenvalue weighted by atomic mass is 9.92. The van der Waals surface area contributed by atoms with Gasteiger partial charge in [-0.1, -0.05) is 6.07 Å². The molecular weight excluding hydrogens is 384 g/mol. The monoisotopic (exact) mass is 416 g/mol. The van der Waals surface area contributed by atoms with Gasteiger partial charge < -0.3 is 20.6 Å². The van der Waals surface area contributed by atoms with Crippen molar-refractivity contribution >= 4 is 17.8 Å². The lowest BCUT2D eigenvalue weighted by Gasteiger charge is -2.33. The van der Waals surface area contributed by atoms with Crippen LogP contribution in [0.4, 0.5) is 0 Å². The first-order chi connectivity index (χ1) is 14.5. The van der Waals surface area contributed by atoms with E-state index in [0.29, 0.717) is 37.4 Å². The van der Waals surface area contributed by atoms with Crippen molar-refractivity contribution in [3.8, 4) is 0 Å². The third kappa shape index (κ3) is 6.26. The highest BCUT2D eigenvalue weighted by Crippen LogP contribution is 2.22. The number of aromatic nitrogens is 1. The molecule has 0 spiro atoms. The average Bonchev–Trinajstić information content (AvgIpc) is 2.78. The van der Waals surface area contributed by atoms with Crippen molar-refractivity contribution in [2.45, 2.75) is 44.4 Å². The number of piperidine rings is 2. The zero-order chi connectivity index (χ0) is 21.3. The van der Waals surface area contributed by atoms with E-state index in [9.17, 15) is 19.5 Å². The summed E-state index contributed by atoms with van der Waals surface area (Å²) >= 11 is 0. The summed E-state index contributed by atoms with van der Waals surface area (Å²) in [4.78, 5) is 42.7. The normalized spacial score (nSPS) is 21.1. The highest BCUT2D eigenvalue weighted by Gasteiger charge is 2.30. The fraction of sp³-hybridized carbons (Fsp3) is 0.636. The predicted octanol–water partition coefficient (Wildman–Crippen LogP) is 1.38. The molecule has 2 aliphatic heterocycles. The van der Waals surface area contributed by atoms with Crippen molar-refractivity contribution in [2.75, 3.05) is 32.7 Å². The fourth-order valence-electron chi connectivity index (χ4n) is 4.35. The van der Waals surface area contributed by atoms with Crippen LogP contribution < -0.4 is 10.6 Å². The molecular formula is C22H32N4O4. The topological polar surface area (TPSA) is 112 Å². The predicted molar refractivity (Wildman–Crippen MR) is 112 cm³/mol. The van der Waals surface area contributed by atoms with Gasteiger partial charge in [0, 0.05) is 38.4 Å². The first-order valence-corrected chi connectivity index (χ1v) is 10.9. The summed E-state index contributed by atoms with van der Waals surface area (Å²) in [7, 11) is 0. The zero-order valence-electron chi connectivity index (χ0n) is 17.4. The van der Waals surface area contributed by atoms with Crippen molar-refractivity contribution in [2.24, 2.45) is 11.8 Å². The molecule has 1 aromatic rings. The smallest absolute Gasteiger partial charge is 0.312 e. The molecule has 3 rings (SSSR count). The molecule has 3 heterocycles. The SMILES string of the molecule is O=C(NC[C@@H](C(=O)O)c1cccnc1)[C@@H]1CCCN(C(=O)CCC2CCNCC2)C1. The largest absolute Gasteiger partial charge is 0.481 e. The third-order valence-electron chi connectivity index (χ3n) is 6.24. The summed E-state index contributed by atoms with van der Waals surface area (Å²) < 4.78 is 0. The lowest BCUT2D eigenvalue weighted by Crippen LogP contribution is -2.46. The van der Waals surface area contributed by atoms with Crippen molar-refractivity contribution in [1.82, 2.24) is 20.5 Å². The van der Waals surface area contributed by atoms with Crippen LogP contribution in [0, 0.1) is 11.8 Å². The number of rotatable bonds is 8. The molecule has 8 nitrogen and oxygen atoms in total. The van der Waals surface area contributed by atoms with Gasteiger partial charge >= 0.3 is 5.97 Å². The number of nitrogens with zero attached hydrogens (tertiary/aromatic N) is 2. The van der Waals surface area contributed by atoms with E-state index < -0.39 is 11.9 Å². The summed E-state index contributed by atoms with van der Waals surface area (Å²) in [6.07, 6.45) is 8.31. The van der Waals surface area contributed by atoms with Gasteiger partial charge in [-0.2, -0.15) is 0 Å². The minimum Gasteiger partial charge on any atom is -0.481 e. The van der Waals surface area contributed by atoms with Crippen LogP contribution in [-0.2, 0) is 14.4 Å². The zero-order valence-corrected chi connectivity index (χ0v) is 17.4. The van der Waals surface area contributed by atoms with E-state index in [1.807, 2.05) is 4.90 Å². The van der Waals surface area contributed by atoms with Crippen LogP contribution in [0.15, 0.2) is 24.5 Å². The number of pyridine rings is 1. The standard InChI is InChI=1S/C22H32N4O4/c27-20(6-5-16-7-10-23-11-8-16)26-12-2-4-18(15-26)21(28)25-14-19(22(29)30)17-3-1-9-24-13-17/h1,3,9,13,16,18-19,23H,2,4-8,10-12,14-15H2,(H,25,28)(H,29,30)/t18-,19-/m1/s1. The molecule has 2 saturated heterocycles. The van der Waals surface area contributed by atoms with Crippen LogP contribution in [0.2, 0.25) is 0 Å². The Kier molecular flexibility index (Phi) is 8.19. The first-order valence-electron chi connectivity index (χ1n) is 10.9. The summed E-state index contributed by atoms with van der Waals surface area (Å²) in [5.41, 5.74) is 0.559. The minimum atomic E-state index is -0.998. The van der Waals surface area contributed by atoms with Gasteiger partial charge in [-0.3, -0.25) is 19.4 Å². The van der Waals surface area contributed by atoms with Crippen LogP contribution in [-0.4, -0.2) is 65.5 Å². The Morgan fingerprint density at radius 3 is 2.77 bits per heavy atom. The Bertz CT molecular complexity index is 721. The van der Waals surface area contributed by atoms with Crippen LogP contribution in [0.5, 0.6) is 0 Å². The number of nitrogens with one attached hydrogen (secondary N) is 2. The Balaban J connectivity index is 1.47. The summed E-state index contributed by atoms with van der Waals surface area (Å²) in [5.74, 6) is -1.56. The van der Waals surface area contributed by atoms with E-state index in [1.54, 1.807) is 18.3 Å². The number of carbonyl (C=O) groups is 3.